The zero-order valence-electron chi connectivity index (χ0n) is 6.18. The topological polar surface area (TPSA) is 43.1 Å². The number of carbonyl (C=O) groups is 1. The third-order valence-electron chi connectivity index (χ3n) is 1.49. The van der Waals surface area contributed by atoms with Crippen molar-refractivity contribution in [3.05, 3.63) is 32.9 Å². The van der Waals surface area contributed by atoms with E-state index in [9.17, 15) is 4.79 Å². The SMILES string of the molecule is NC(=O)c1c(I)cccc1CCl. The molecule has 0 saturated carbocycles. The van der Waals surface area contributed by atoms with Gasteiger partial charge in [-0.05, 0) is 34.2 Å². The van der Waals surface area contributed by atoms with Crippen molar-refractivity contribution >= 4 is 40.1 Å². The van der Waals surface area contributed by atoms with Crippen molar-refractivity contribution in [1.82, 2.24) is 0 Å². The van der Waals surface area contributed by atoms with E-state index in [2.05, 4.69) is 22.6 Å². The van der Waals surface area contributed by atoms with Crippen molar-refractivity contribution < 1.29 is 4.79 Å². The molecule has 1 aromatic carbocycles. The first kappa shape index (κ1) is 9.80. The Labute approximate surface area is 89.2 Å². The maximum Gasteiger partial charge on any atom is 0.250 e. The summed E-state index contributed by atoms with van der Waals surface area (Å²) in [6.45, 7) is 0. The smallest absolute Gasteiger partial charge is 0.250 e. The summed E-state index contributed by atoms with van der Waals surface area (Å²) in [6.07, 6.45) is 0. The summed E-state index contributed by atoms with van der Waals surface area (Å²) in [6, 6.07) is 5.48. The normalized spacial score (nSPS) is 9.83. The average Bonchev–Trinajstić information content (AvgIpc) is 2.03. The maximum absolute atomic E-state index is 11.0. The summed E-state index contributed by atoms with van der Waals surface area (Å²) in [7, 11) is 0. The molecule has 0 saturated heterocycles. The fourth-order valence-corrected chi connectivity index (χ4v) is 2.00. The number of primary amides is 1. The van der Waals surface area contributed by atoms with Crippen LogP contribution in [-0.2, 0) is 5.88 Å². The molecule has 0 spiro atoms. The van der Waals surface area contributed by atoms with Crippen LogP contribution < -0.4 is 5.73 Å². The highest BCUT2D eigenvalue weighted by molar-refractivity contribution is 14.1. The third kappa shape index (κ3) is 1.90. The van der Waals surface area contributed by atoms with E-state index >= 15 is 0 Å². The molecule has 0 radical (unpaired) electrons. The molecular weight excluding hydrogens is 288 g/mol. The molecule has 0 aromatic heterocycles. The van der Waals surface area contributed by atoms with E-state index in [1.54, 1.807) is 6.07 Å². The first-order chi connectivity index (χ1) is 5.66. The fourth-order valence-electron chi connectivity index (χ4n) is 0.956. The molecule has 0 fully saturated rings. The van der Waals surface area contributed by atoms with E-state index in [-0.39, 0.29) is 0 Å². The molecule has 0 aliphatic rings. The predicted octanol–water partition coefficient (Wildman–Crippen LogP) is 2.13. The molecular formula is C8H7ClINO. The van der Waals surface area contributed by atoms with Gasteiger partial charge >= 0.3 is 0 Å². The summed E-state index contributed by atoms with van der Waals surface area (Å²) in [4.78, 5) is 11.0. The lowest BCUT2D eigenvalue weighted by Crippen LogP contribution is -2.15. The van der Waals surface area contributed by atoms with Crippen LogP contribution in [0.4, 0.5) is 0 Å². The molecule has 2 nitrogen and oxygen atoms in total. The van der Waals surface area contributed by atoms with Crippen LogP contribution in [0.3, 0.4) is 0 Å². The van der Waals surface area contributed by atoms with Gasteiger partial charge in [-0.1, -0.05) is 12.1 Å². The lowest BCUT2D eigenvalue weighted by molar-refractivity contribution is 0.0999. The van der Waals surface area contributed by atoms with E-state index < -0.39 is 5.91 Å². The Balaban J connectivity index is 3.29. The molecule has 0 unspecified atom stereocenters. The van der Waals surface area contributed by atoms with E-state index in [1.807, 2.05) is 12.1 Å². The van der Waals surface area contributed by atoms with Gasteiger partial charge in [0, 0.05) is 9.45 Å². The van der Waals surface area contributed by atoms with Gasteiger partial charge in [0.05, 0.1) is 5.56 Å². The van der Waals surface area contributed by atoms with Crippen molar-refractivity contribution in [3.63, 3.8) is 0 Å². The number of halogens is 2. The monoisotopic (exact) mass is 295 g/mol. The summed E-state index contributed by atoms with van der Waals surface area (Å²) in [5.74, 6) is -0.106. The first-order valence-electron chi connectivity index (χ1n) is 3.30. The Morgan fingerprint density at radius 2 is 2.25 bits per heavy atom. The Morgan fingerprint density at radius 3 is 2.67 bits per heavy atom. The van der Waals surface area contributed by atoms with Gasteiger partial charge in [-0.3, -0.25) is 4.79 Å². The highest BCUT2D eigenvalue weighted by Gasteiger charge is 2.10. The molecule has 64 valence electrons. The number of alkyl halides is 1. The molecule has 0 aliphatic carbocycles. The predicted molar refractivity (Wildman–Crippen MR) is 57.2 cm³/mol. The Bertz CT molecular complexity index is 314. The highest BCUT2D eigenvalue weighted by Crippen LogP contribution is 2.17. The second-order valence-corrected chi connectivity index (χ2v) is 3.70. The molecule has 0 heterocycles. The molecule has 0 bridgehead atoms. The number of rotatable bonds is 2. The van der Waals surface area contributed by atoms with Gasteiger partial charge in [-0.2, -0.15) is 0 Å². The van der Waals surface area contributed by atoms with Gasteiger partial charge in [0.15, 0.2) is 0 Å². The first-order valence-corrected chi connectivity index (χ1v) is 4.91. The van der Waals surface area contributed by atoms with Gasteiger partial charge in [-0.15, -0.1) is 11.6 Å². The number of benzene rings is 1. The summed E-state index contributed by atoms with van der Waals surface area (Å²) in [5, 5.41) is 0. The van der Waals surface area contributed by atoms with Crippen molar-refractivity contribution in [2.24, 2.45) is 5.73 Å². The van der Waals surface area contributed by atoms with Crippen LogP contribution in [-0.4, -0.2) is 5.91 Å². The fraction of sp³-hybridized carbons (Fsp3) is 0.125. The maximum atomic E-state index is 11.0. The number of hydrogen-bond acceptors (Lipinski definition) is 1. The average molecular weight is 296 g/mol. The molecule has 1 amide bonds. The van der Waals surface area contributed by atoms with Crippen molar-refractivity contribution in [2.45, 2.75) is 5.88 Å². The van der Waals surface area contributed by atoms with Crippen molar-refractivity contribution in [1.29, 1.82) is 0 Å². The summed E-state index contributed by atoms with van der Waals surface area (Å²) < 4.78 is 0.846. The highest BCUT2D eigenvalue weighted by atomic mass is 127. The van der Waals surface area contributed by atoms with Crippen LogP contribution in [0.5, 0.6) is 0 Å². The quantitative estimate of drug-likeness (QED) is 0.659. The van der Waals surface area contributed by atoms with E-state index in [0.717, 1.165) is 9.13 Å². The number of carbonyl (C=O) groups excluding carboxylic acids is 1. The molecule has 1 aromatic rings. The van der Waals surface area contributed by atoms with Gasteiger partial charge in [-0.25, -0.2) is 0 Å². The molecule has 0 atom stereocenters. The number of nitrogens with two attached hydrogens (primary N) is 1. The summed E-state index contributed by atoms with van der Waals surface area (Å²) >= 11 is 7.70. The zero-order chi connectivity index (χ0) is 9.14. The van der Waals surface area contributed by atoms with Crippen LogP contribution in [0.15, 0.2) is 18.2 Å². The summed E-state index contributed by atoms with van der Waals surface area (Å²) in [5.41, 5.74) is 6.51. The van der Waals surface area contributed by atoms with Gasteiger partial charge in [0.1, 0.15) is 0 Å². The second kappa shape index (κ2) is 4.09. The second-order valence-electron chi connectivity index (χ2n) is 2.27. The van der Waals surface area contributed by atoms with E-state index in [1.165, 1.54) is 0 Å². The van der Waals surface area contributed by atoms with Crippen molar-refractivity contribution in [2.75, 3.05) is 0 Å². The number of amides is 1. The largest absolute Gasteiger partial charge is 0.366 e. The Morgan fingerprint density at radius 1 is 1.58 bits per heavy atom. The third-order valence-corrected chi connectivity index (χ3v) is 2.68. The molecule has 12 heavy (non-hydrogen) atoms. The van der Waals surface area contributed by atoms with Gasteiger partial charge in [0.2, 0.25) is 5.91 Å². The van der Waals surface area contributed by atoms with Crippen molar-refractivity contribution in [3.8, 4) is 0 Å². The van der Waals surface area contributed by atoms with Crippen LogP contribution >= 0.6 is 34.2 Å². The molecule has 4 heteroatoms. The molecule has 2 N–H and O–H groups in total. The Kier molecular flexibility index (Phi) is 3.34. The van der Waals surface area contributed by atoms with Crippen LogP contribution in [0, 0.1) is 3.57 Å². The number of hydrogen-bond donors (Lipinski definition) is 1. The van der Waals surface area contributed by atoms with Crippen LogP contribution in [0.1, 0.15) is 15.9 Å². The van der Waals surface area contributed by atoms with E-state index in [0.29, 0.717) is 11.4 Å². The molecule has 0 aliphatic heterocycles. The van der Waals surface area contributed by atoms with Gasteiger partial charge < -0.3 is 5.73 Å². The van der Waals surface area contributed by atoms with Crippen LogP contribution in [0.2, 0.25) is 0 Å². The lowest BCUT2D eigenvalue weighted by atomic mass is 10.1. The van der Waals surface area contributed by atoms with Gasteiger partial charge in [0.25, 0.3) is 0 Å². The zero-order valence-corrected chi connectivity index (χ0v) is 9.09. The minimum atomic E-state index is -0.421. The molecule has 1 rings (SSSR count). The van der Waals surface area contributed by atoms with E-state index in [4.69, 9.17) is 17.3 Å². The Hall–Kier alpha value is -0.290. The minimum absolute atomic E-state index is 0.315. The lowest BCUT2D eigenvalue weighted by Gasteiger charge is -2.04. The minimum Gasteiger partial charge on any atom is -0.366 e. The standard InChI is InChI=1S/C8H7ClINO/c9-4-5-2-1-3-6(10)7(5)8(11)12/h1-3H,4H2,(H2,11,12). The van der Waals surface area contributed by atoms with Crippen LogP contribution in [0.25, 0.3) is 0 Å².